The summed E-state index contributed by atoms with van der Waals surface area (Å²) < 4.78 is 0. The van der Waals surface area contributed by atoms with Crippen molar-refractivity contribution in [1.82, 2.24) is 0 Å². The average molecular weight is 193 g/mol. The summed E-state index contributed by atoms with van der Waals surface area (Å²) in [5.41, 5.74) is 4.92. The summed E-state index contributed by atoms with van der Waals surface area (Å²) in [6.45, 7) is -0.157. The summed E-state index contributed by atoms with van der Waals surface area (Å²) >= 11 is 0. The van der Waals surface area contributed by atoms with Gasteiger partial charge in [-0.05, 0) is 0 Å². The number of carbonyl (C=O) groups is 1. The van der Waals surface area contributed by atoms with Crippen LogP contribution < -0.4 is 11.6 Å². The number of rotatable bonds is 3. The van der Waals surface area contributed by atoms with Crippen molar-refractivity contribution in [2.24, 2.45) is 11.6 Å². The van der Waals surface area contributed by atoms with Crippen LogP contribution in [0.15, 0.2) is 0 Å². The van der Waals surface area contributed by atoms with E-state index in [0.717, 1.165) is 0 Å². The van der Waals surface area contributed by atoms with Gasteiger partial charge in [0, 0.05) is 0 Å². The molecule has 0 rings (SSSR count). The number of hydrogen-bond donors (Lipinski definition) is 3. The first-order valence-corrected chi connectivity index (χ1v) is 1.98. The third-order valence-electron chi connectivity index (χ3n) is 0.593. The van der Waals surface area contributed by atoms with Gasteiger partial charge in [0.2, 0.25) is 0 Å². The number of halogens is 2. The average Bonchev–Trinajstić information content (AvgIpc) is 1.67. The van der Waals surface area contributed by atoms with E-state index in [1.165, 1.54) is 0 Å². The van der Waals surface area contributed by atoms with Gasteiger partial charge < -0.3 is 15.7 Å². The lowest BCUT2D eigenvalue weighted by Gasteiger charge is -2.00. The molecule has 0 bridgehead atoms. The third-order valence-corrected chi connectivity index (χ3v) is 0.593. The van der Waals surface area contributed by atoms with E-state index in [2.05, 4.69) is 10.7 Å². The Bertz CT molecular complexity index is 91.8. The molecule has 0 aliphatic carbocycles. The Kier molecular flexibility index (Phi) is 14.7. The van der Waals surface area contributed by atoms with Crippen molar-refractivity contribution in [3.05, 3.63) is 0 Å². The fourth-order valence-corrected chi connectivity index (χ4v) is 0.175. The highest BCUT2D eigenvalue weighted by Gasteiger charge is 2.09. The molecule has 1 atom stereocenters. The summed E-state index contributed by atoms with van der Waals surface area (Å²) in [7, 11) is 0. The molecular weight excluding hydrogens is 183 g/mol. The van der Waals surface area contributed by atoms with Crippen LogP contribution in [0.25, 0.3) is 0 Å². The van der Waals surface area contributed by atoms with Gasteiger partial charge in [-0.2, -0.15) is 0 Å². The Labute approximate surface area is 70.5 Å². The Balaban J connectivity index is -0.000000245. The van der Waals surface area contributed by atoms with E-state index in [1.54, 1.807) is 0 Å². The van der Waals surface area contributed by atoms with Crippen LogP contribution in [0.2, 0.25) is 0 Å². The van der Waals surface area contributed by atoms with Gasteiger partial charge in [0.15, 0.2) is 0 Å². The van der Waals surface area contributed by atoms with Crippen molar-refractivity contribution >= 4 is 30.8 Å². The van der Waals surface area contributed by atoms with Gasteiger partial charge in [0.25, 0.3) is 0 Å². The first-order chi connectivity index (χ1) is 3.68. The monoisotopic (exact) mass is 192 g/mol. The molecule has 5 N–H and O–H groups in total. The van der Waals surface area contributed by atoms with Crippen LogP contribution in [0, 0.1) is 0 Å². The lowest BCUT2D eigenvalue weighted by Crippen LogP contribution is -2.35. The van der Waals surface area contributed by atoms with Crippen molar-refractivity contribution in [3.8, 4) is 0 Å². The van der Waals surface area contributed by atoms with E-state index in [4.69, 9.17) is 10.8 Å². The normalized spacial score (nSPS) is 10.6. The van der Waals surface area contributed by atoms with Crippen molar-refractivity contribution in [2.75, 3.05) is 6.61 Å². The lowest BCUT2D eigenvalue weighted by molar-refractivity contribution is -0.140. The minimum absolute atomic E-state index is 0. The lowest BCUT2D eigenvalue weighted by atomic mass is 10.3. The van der Waals surface area contributed by atoms with Crippen LogP contribution in [0.1, 0.15) is 0 Å². The van der Waals surface area contributed by atoms with Crippen LogP contribution >= 0.6 is 24.8 Å². The second-order valence-corrected chi connectivity index (χ2v) is 1.28. The molecular formula is C3H10Cl2N2O3. The van der Waals surface area contributed by atoms with E-state index in [-0.39, 0.29) is 31.4 Å². The predicted octanol–water partition coefficient (Wildman–Crippen LogP) is -0.868. The SMILES string of the molecule is Cl.Cl.NOC[C@@H](N)C(=O)O. The molecule has 0 saturated carbocycles. The second-order valence-electron chi connectivity index (χ2n) is 1.28. The summed E-state index contributed by atoms with van der Waals surface area (Å²) in [6, 6.07) is -1.01. The van der Waals surface area contributed by atoms with Crippen molar-refractivity contribution in [3.63, 3.8) is 0 Å². The molecule has 10 heavy (non-hydrogen) atoms. The largest absolute Gasteiger partial charge is 0.480 e. The Morgan fingerprint density at radius 2 is 2.00 bits per heavy atom. The standard InChI is InChI=1S/C3H8N2O3.2ClH/c4-2(1-8-5)3(6)7;;/h2H,1,4-5H2,(H,6,7);2*1H/t2-;;/m1../s1. The molecule has 0 radical (unpaired) electrons. The zero-order chi connectivity index (χ0) is 6.57. The van der Waals surface area contributed by atoms with E-state index >= 15 is 0 Å². The highest BCUT2D eigenvalue weighted by molar-refractivity contribution is 5.85. The first-order valence-electron chi connectivity index (χ1n) is 1.98. The van der Waals surface area contributed by atoms with E-state index in [1.807, 2.05) is 0 Å². The molecule has 0 saturated heterocycles. The Hall–Kier alpha value is -0.0700. The summed E-state index contributed by atoms with van der Waals surface area (Å²) in [6.07, 6.45) is 0. The smallest absolute Gasteiger partial charge is 0.322 e. The van der Waals surface area contributed by atoms with Crippen molar-refractivity contribution < 1.29 is 14.7 Å². The van der Waals surface area contributed by atoms with Gasteiger partial charge in [-0.25, -0.2) is 5.90 Å². The van der Waals surface area contributed by atoms with Gasteiger partial charge in [0.1, 0.15) is 6.04 Å². The molecule has 64 valence electrons. The zero-order valence-corrected chi connectivity index (χ0v) is 6.65. The van der Waals surface area contributed by atoms with Gasteiger partial charge in [0.05, 0.1) is 6.61 Å². The highest BCUT2D eigenvalue weighted by atomic mass is 35.5. The van der Waals surface area contributed by atoms with Crippen LogP contribution in [0.4, 0.5) is 0 Å². The van der Waals surface area contributed by atoms with Gasteiger partial charge in [-0.15, -0.1) is 24.8 Å². The number of carboxylic acid groups (broad SMARTS) is 1. The quantitative estimate of drug-likeness (QED) is 0.506. The Morgan fingerprint density at radius 3 is 2.10 bits per heavy atom. The van der Waals surface area contributed by atoms with Gasteiger partial charge >= 0.3 is 5.97 Å². The predicted molar refractivity (Wildman–Crippen MR) is 40.2 cm³/mol. The maximum atomic E-state index is 9.83. The van der Waals surface area contributed by atoms with E-state index in [9.17, 15) is 4.79 Å². The maximum Gasteiger partial charge on any atom is 0.322 e. The van der Waals surface area contributed by atoms with Crippen LogP contribution in [0.3, 0.4) is 0 Å². The molecule has 0 aliphatic rings. The molecule has 0 aromatic rings. The van der Waals surface area contributed by atoms with Crippen LogP contribution in [-0.2, 0) is 9.63 Å². The van der Waals surface area contributed by atoms with Crippen molar-refractivity contribution in [1.29, 1.82) is 0 Å². The summed E-state index contributed by atoms with van der Waals surface area (Å²) in [4.78, 5) is 13.8. The summed E-state index contributed by atoms with van der Waals surface area (Å²) in [5.74, 6) is 3.41. The molecule has 0 spiro atoms. The molecule has 0 unspecified atom stereocenters. The second kappa shape index (κ2) is 8.93. The number of carboxylic acids is 1. The van der Waals surface area contributed by atoms with E-state index < -0.39 is 12.0 Å². The zero-order valence-electron chi connectivity index (χ0n) is 5.02. The van der Waals surface area contributed by atoms with Crippen molar-refractivity contribution in [2.45, 2.75) is 6.04 Å². The fourth-order valence-electron chi connectivity index (χ4n) is 0.175. The van der Waals surface area contributed by atoms with Crippen LogP contribution in [0.5, 0.6) is 0 Å². The molecule has 0 heterocycles. The topological polar surface area (TPSA) is 98.6 Å². The minimum atomic E-state index is -1.12. The molecule has 5 nitrogen and oxygen atoms in total. The van der Waals surface area contributed by atoms with E-state index in [0.29, 0.717) is 0 Å². The number of hydrogen-bond acceptors (Lipinski definition) is 4. The highest BCUT2D eigenvalue weighted by Crippen LogP contribution is 1.75. The number of aliphatic carboxylic acids is 1. The Morgan fingerprint density at radius 1 is 1.60 bits per heavy atom. The van der Waals surface area contributed by atoms with Gasteiger partial charge in [-0.3, -0.25) is 4.79 Å². The van der Waals surface area contributed by atoms with Crippen LogP contribution in [-0.4, -0.2) is 23.7 Å². The minimum Gasteiger partial charge on any atom is -0.480 e. The third kappa shape index (κ3) is 7.93. The molecule has 0 aromatic carbocycles. The molecule has 7 heteroatoms. The maximum absolute atomic E-state index is 9.83. The fraction of sp³-hybridized carbons (Fsp3) is 0.667. The molecule has 0 fully saturated rings. The number of nitrogens with two attached hydrogens (primary N) is 2. The molecule has 0 aromatic heterocycles. The molecule has 0 aliphatic heterocycles. The molecule has 0 amide bonds. The van der Waals surface area contributed by atoms with Gasteiger partial charge in [-0.1, -0.05) is 0 Å². The summed E-state index contributed by atoms with van der Waals surface area (Å²) in [5, 5.41) is 8.05. The first kappa shape index (κ1) is 16.5.